The van der Waals surface area contributed by atoms with Crippen LogP contribution in [-0.4, -0.2) is 25.0 Å². The molecule has 4 heteroatoms. The van der Waals surface area contributed by atoms with Gasteiger partial charge in [-0.1, -0.05) is 25.8 Å². The van der Waals surface area contributed by atoms with Crippen LogP contribution in [0.3, 0.4) is 0 Å². The molecule has 2 aliphatic rings. The van der Waals surface area contributed by atoms with E-state index in [-0.39, 0.29) is 5.91 Å². The second-order valence-corrected chi connectivity index (χ2v) is 7.71. The molecule has 3 rings (SSSR count). The van der Waals surface area contributed by atoms with Crippen molar-refractivity contribution < 1.29 is 9.69 Å². The Balaban J connectivity index is 1.54. The van der Waals surface area contributed by atoms with Crippen molar-refractivity contribution in [3.05, 3.63) is 22.4 Å². The summed E-state index contributed by atoms with van der Waals surface area (Å²) in [6, 6.07) is 5.30. The van der Waals surface area contributed by atoms with Crippen molar-refractivity contribution >= 4 is 17.2 Å². The summed E-state index contributed by atoms with van der Waals surface area (Å²) >= 11 is 1.83. The lowest BCUT2D eigenvalue weighted by Gasteiger charge is -2.30. The fourth-order valence-corrected chi connectivity index (χ4v) is 4.87. The van der Waals surface area contributed by atoms with Gasteiger partial charge in [-0.3, -0.25) is 4.79 Å². The Morgan fingerprint density at radius 2 is 2.19 bits per heavy atom. The van der Waals surface area contributed by atoms with Crippen molar-refractivity contribution in [1.29, 1.82) is 0 Å². The summed E-state index contributed by atoms with van der Waals surface area (Å²) in [6.07, 6.45) is 7.49. The molecule has 1 saturated carbocycles. The summed E-state index contributed by atoms with van der Waals surface area (Å²) in [7, 11) is 0. The fourth-order valence-electron chi connectivity index (χ4n) is 3.95. The first-order valence-corrected chi connectivity index (χ1v) is 9.29. The van der Waals surface area contributed by atoms with Crippen molar-refractivity contribution in [3.63, 3.8) is 0 Å². The summed E-state index contributed by atoms with van der Waals surface area (Å²) in [6.45, 7) is 4.06. The van der Waals surface area contributed by atoms with Gasteiger partial charge in [0.05, 0.1) is 11.4 Å². The first kappa shape index (κ1) is 15.0. The Kier molecular flexibility index (Phi) is 4.96. The average Bonchev–Trinajstić information content (AvgIpc) is 3.11. The molecule has 1 amide bonds. The maximum Gasteiger partial charge on any atom is 0.275 e. The standard InChI is InChI=1S/C17H26N2OS/c1-13-6-2-3-7-14(13)18-17(20)12-19-10-4-8-15(19)16-9-5-11-21-16/h5,9,11,13-15H,2-4,6-8,10,12H2,1H3,(H,18,20)/p+1/t13-,14-,15-/m1/s1. The molecule has 1 aromatic rings. The average molecular weight is 307 g/mol. The van der Waals surface area contributed by atoms with E-state index >= 15 is 0 Å². The Labute approximate surface area is 131 Å². The summed E-state index contributed by atoms with van der Waals surface area (Å²) in [5.74, 6) is 0.900. The Bertz CT molecular complexity index is 459. The number of quaternary nitrogens is 1. The van der Waals surface area contributed by atoms with Gasteiger partial charge in [0, 0.05) is 18.9 Å². The molecule has 0 spiro atoms. The lowest BCUT2D eigenvalue weighted by Crippen LogP contribution is -3.11. The smallest absolute Gasteiger partial charge is 0.275 e. The molecule has 116 valence electrons. The van der Waals surface area contributed by atoms with Gasteiger partial charge in [0.15, 0.2) is 6.54 Å². The van der Waals surface area contributed by atoms with Gasteiger partial charge >= 0.3 is 0 Å². The first-order chi connectivity index (χ1) is 10.2. The van der Waals surface area contributed by atoms with Crippen LogP contribution in [0.5, 0.6) is 0 Å². The summed E-state index contributed by atoms with van der Waals surface area (Å²) in [5.41, 5.74) is 0. The van der Waals surface area contributed by atoms with Gasteiger partial charge in [0.25, 0.3) is 5.91 Å². The lowest BCUT2D eigenvalue weighted by molar-refractivity contribution is -0.910. The number of carbonyl (C=O) groups is 1. The van der Waals surface area contributed by atoms with Crippen molar-refractivity contribution in [2.45, 2.75) is 57.5 Å². The third-order valence-electron chi connectivity index (χ3n) is 5.22. The molecule has 1 aliphatic carbocycles. The zero-order valence-corrected chi connectivity index (χ0v) is 13.8. The van der Waals surface area contributed by atoms with Crippen molar-refractivity contribution in [2.24, 2.45) is 5.92 Å². The van der Waals surface area contributed by atoms with Crippen LogP contribution >= 0.6 is 11.3 Å². The largest absolute Gasteiger partial charge is 0.348 e. The SMILES string of the molecule is C[C@@H]1CCCC[C@H]1NC(=O)C[NH+]1CCC[C@@H]1c1cccs1. The quantitative estimate of drug-likeness (QED) is 0.878. The Hall–Kier alpha value is -0.870. The Morgan fingerprint density at radius 3 is 2.95 bits per heavy atom. The van der Waals surface area contributed by atoms with Crippen LogP contribution in [0, 0.1) is 5.92 Å². The van der Waals surface area contributed by atoms with Crippen LogP contribution in [0.1, 0.15) is 56.4 Å². The molecule has 21 heavy (non-hydrogen) atoms. The number of amides is 1. The normalized spacial score (nSPS) is 33.0. The molecule has 0 radical (unpaired) electrons. The van der Waals surface area contributed by atoms with Crippen LogP contribution in [0.15, 0.2) is 17.5 Å². The second kappa shape index (κ2) is 6.93. The maximum atomic E-state index is 12.4. The fraction of sp³-hybridized carbons (Fsp3) is 0.706. The van der Waals surface area contributed by atoms with Crippen LogP contribution < -0.4 is 10.2 Å². The van der Waals surface area contributed by atoms with Gasteiger partial charge in [-0.25, -0.2) is 0 Å². The molecular formula is C17H27N2OS+. The first-order valence-electron chi connectivity index (χ1n) is 8.41. The number of hydrogen-bond acceptors (Lipinski definition) is 2. The molecule has 3 nitrogen and oxygen atoms in total. The number of likely N-dealkylation sites (tertiary alicyclic amines) is 1. The molecule has 1 aromatic heterocycles. The van der Waals surface area contributed by atoms with E-state index in [1.165, 1.54) is 41.9 Å². The highest BCUT2D eigenvalue weighted by Crippen LogP contribution is 2.24. The van der Waals surface area contributed by atoms with Gasteiger partial charge in [-0.2, -0.15) is 0 Å². The van der Waals surface area contributed by atoms with Gasteiger partial charge in [0.1, 0.15) is 6.04 Å². The molecule has 2 N–H and O–H groups in total. The number of nitrogens with one attached hydrogen (secondary N) is 2. The van der Waals surface area contributed by atoms with E-state index in [0.717, 1.165) is 13.0 Å². The molecule has 2 fully saturated rings. The predicted molar refractivity (Wildman–Crippen MR) is 86.6 cm³/mol. The highest BCUT2D eigenvalue weighted by atomic mass is 32.1. The molecule has 1 aliphatic heterocycles. The van der Waals surface area contributed by atoms with E-state index in [4.69, 9.17) is 0 Å². The van der Waals surface area contributed by atoms with Gasteiger partial charge < -0.3 is 10.2 Å². The molecule has 1 unspecified atom stereocenters. The minimum Gasteiger partial charge on any atom is -0.348 e. The van der Waals surface area contributed by atoms with Crippen molar-refractivity contribution in [1.82, 2.24) is 5.32 Å². The summed E-state index contributed by atoms with van der Waals surface area (Å²) in [4.78, 5) is 15.3. The third kappa shape index (κ3) is 3.67. The highest BCUT2D eigenvalue weighted by molar-refractivity contribution is 7.10. The Morgan fingerprint density at radius 1 is 1.33 bits per heavy atom. The lowest BCUT2D eigenvalue weighted by atomic mass is 9.86. The number of hydrogen-bond donors (Lipinski definition) is 2. The monoisotopic (exact) mass is 307 g/mol. The van der Waals surface area contributed by atoms with Gasteiger partial charge in [-0.15, -0.1) is 11.3 Å². The number of thiophene rings is 1. The molecule has 0 bridgehead atoms. The minimum atomic E-state index is 0.257. The van der Waals surface area contributed by atoms with E-state index in [9.17, 15) is 4.79 Å². The number of carbonyl (C=O) groups excluding carboxylic acids is 1. The summed E-state index contributed by atoms with van der Waals surface area (Å²) in [5, 5.41) is 5.45. The molecule has 2 heterocycles. The third-order valence-corrected chi connectivity index (χ3v) is 6.20. The second-order valence-electron chi connectivity index (χ2n) is 6.73. The predicted octanol–water partition coefficient (Wildman–Crippen LogP) is 2.16. The zero-order valence-electron chi connectivity index (χ0n) is 12.9. The molecular weight excluding hydrogens is 280 g/mol. The van der Waals surface area contributed by atoms with Crippen molar-refractivity contribution in [3.8, 4) is 0 Å². The summed E-state index contributed by atoms with van der Waals surface area (Å²) < 4.78 is 0. The number of rotatable bonds is 4. The molecule has 4 atom stereocenters. The topological polar surface area (TPSA) is 33.5 Å². The van der Waals surface area contributed by atoms with Crippen LogP contribution in [-0.2, 0) is 4.79 Å². The molecule has 0 aromatic carbocycles. The zero-order chi connectivity index (χ0) is 14.7. The van der Waals surface area contributed by atoms with Crippen LogP contribution in [0.25, 0.3) is 0 Å². The van der Waals surface area contributed by atoms with E-state index in [2.05, 4.69) is 29.8 Å². The minimum absolute atomic E-state index is 0.257. The van der Waals surface area contributed by atoms with E-state index < -0.39 is 0 Å². The van der Waals surface area contributed by atoms with Crippen LogP contribution in [0.2, 0.25) is 0 Å². The van der Waals surface area contributed by atoms with E-state index in [1.54, 1.807) is 0 Å². The van der Waals surface area contributed by atoms with E-state index in [0.29, 0.717) is 24.5 Å². The molecule has 1 saturated heterocycles. The van der Waals surface area contributed by atoms with Crippen molar-refractivity contribution in [2.75, 3.05) is 13.1 Å². The van der Waals surface area contributed by atoms with Crippen LogP contribution in [0.4, 0.5) is 0 Å². The highest BCUT2D eigenvalue weighted by Gasteiger charge is 2.33. The maximum absolute atomic E-state index is 12.4. The van der Waals surface area contributed by atoms with Gasteiger partial charge in [0.2, 0.25) is 0 Å². The van der Waals surface area contributed by atoms with E-state index in [1.807, 2.05) is 11.3 Å². The van der Waals surface area contributed by atoms with Gasteiger partial charge in [-0.05, 0) is 30.2 Å².